The summed E-state index contributed by atoms with van der Waals surface area (Å²) in [5.41, 5.74) is 2.37. The number of carbonyl (C=O) groups is 1. The average molecular weight is 327 g/mol. The molecule has 0 fully saturated rings. The summed E-state index contributed by atoms with van der Waals surface area (Å²) < 4.78 is 5.85. The van der Waals surface area contributed by atoms with Crippen LogP contribution in [-0.4, -0.2) is 18.5 Å². The van der Waals surface area contributed by atoms with Gasteiger partial charge in [0.1, 0.15) is 11.9 Å². The maximum atomic E-state index is 12.2. The number of carbonyl (C=O) groups excluding carboxylic acids is 1. The summed E-state index contributed by atoms with van der Waals surface area (Å²) in [6, 6.07) is 14.9. The third-order valence-electron chi connectivity index (χ3n) is 4.07. The molecule has 1 amide bonds. The first kappa shape index (κ1) is 14.3. The molecule has 2 atom stereocenters. The Morgan fingerprint density at radius 2 is 2.04 bits per heavy atom. The van der Waals surface area contributed by atoms with Crippen molar-refractivity contribution in [1.29, 1.82) is 0 Å². The molecular weight excluding hydrogens is 312 g/mol. The van der Waals surface area contributed by atoms with E-state index in [4.69, 9.17) is 16.3 Å². The number of amides is 1. The predicted octanol–water partition coefficient (Wildman–Crippen LogP) is 3.52. The zero-order valence-electron chi connectivity index (χ0n) is 12.3. The first-order valence-electron chi connectivity index (χ1n) is 7.47. The van der Waals surface area contributed by atoms with E-state index in [0.717, 1.165) is 23.6 Å². The highest BCUT2D eigenvalue weighted by atomic mass is 35.5. The number of nitrogens with one attached hydrogen (secondary N) is 2. The van der Waals surface area contributed by atoms with E-state index < -0.39 is 0 Å². The van der Waals surface area contributed by atoms with Crippen molar-refractivity contribution in [3.8, 4) is 0 Å². The second kappa shape index (κ2) is 5.72. The van der Waals surface area contributed by atoms with Gasteiger partial charge in [0.15, 0.2) is 0 Å². The van der Waals surface area contributed by atoms with Crippen molar-refractivity contribution in [3.63, 3.8) is 0 Å². The Hall–Kier alpha value is -2.30. The van der Waals surface area contributed by atoms with Crippen molar-refractivity contribution < 1.29 is 9.53 Å². The van der Waals surface area contributed by atoms with Gasteiger partial charge in [0, 0.05) is 16.3 Å². The lowest BCUT2D eigenvalue weighted by molar-refractivity contribution is 0.0949. The van der Waals surface area contributed by atoms with Crippen LogP contribution in [0.5, 0.6) is 0 Å². The van der Waals surface area contributed by atoms with Gasteiger partial charge in [-0.3, -0.25) is 10.1 Å². The molecule has 0 saturated heterocycles. The van der Waals surface area contributed by atoms with Gasteiger partial charge in [-0.1, -0.05) is 29.8 Å². The van der Waals surface area contributed by atoms with Crippen LogP contribution in [0.3, 0.4) is 0 Å². The number of anilines is 1. The maximum Gasteiger partial charge on any atom is 0.255 e. The molecule has 2 aliphatic rings. The van der Waals surface area contributed by atoms with Gasteiger partial charge in [-0.05, 0) is 42.0 Å². The van der Waals surface area contributed by atoms with E-state index in [1.807, 2.05) is 24.3 Å². The molecule has 0 saturated carbocycles. The molecule has 2 N–H and O–H groups in total. The molecule has 0 spiro atoms. The summed E-state index contributed by atoms with van der Waals surface area (Å²) >= 11 is 5.91. The number of hydrogen-bond acceptors (Lipinski definition) is 3. The lowest BCUT2D eigenvalue weighted by atomic mass is 10.0. The topological polar surface area (TPSA) is 50.4 Å². The molecule has 116 valence electrons. The molecule has 2 aromatic carbocycles. The number of benzene rings is 2. The van der Waals surface area contributed by atoms with Crippen molar-refractivity contribution in [2.24, 2.45) is 0 Å². The Morgan fingerprint density at radius 3 is 2.70 bits per heavy atom. The SMILES string of the molecule is O=C(Nc1ccc([C@H]2OC3=C[C@@H]2NC3)cc1)c1cccc(Cl)c1. The smallest absolute Gasteiger partial charge is 0.255 e. The summed E-state index contributed by atoms with van der Waals surface area (Å²) in [7, 11) is 0. The zero-order valence-corrected chi connectivity index (χ0v) is 13.0. The fourth-order valence-electron chi connectivity index (χ4n) is 2.91. The highest BCUT2D eigenvalue weighted by Gasteiger charge is 2.35. The van der Waals surface area contributed by atoms with E-state index in [-0.39, 0.29) is 18.1 Å². The molecule has 2 aliphatic heterocycles. The van der Waals surface area contributed by atoms with Crippen molar-refractivity contribution in [2.75, 3.05) is 11.9 Å². The Bertz CT molecular complexity index is 786. The van der Waals surface area contributed by atoms with E-state index >= 15 is 0 Å². The highest BCUT2D eigenvalue weighted by molar-refractivity contribution is 6.31. The highest BCUT2D eigenvalue weighted by Crippen LogP contribution is 2.35. The third kappa shape index (κ3) is 2.83. The number of morpholine rings is 1. The van der Waals surface area contributed by atoms with Gasteiger partial charge in [0.05, 0.1) is 12.6 Å². The molecule has 4 rings (SSSR count). The largest absolute Gasteiger partial charge is 0.487 e. The minimum atomic E-state index is -0.179. The number of hydrogen-bond donors (Lipinski definition) is 2. The molecule has 4 nitrogen and oxygen atoms in total. The Balaban J connectivity index is 1.45. The van der Waals surface area contributed by atoms with Crippen molar-refractivity contribution in [2.45, 2.75) is 12.1 Å². The lowest BCUT2D eigenvalue weighted by Crippen LogP contribution is -2.33. The predicted molar refractivity (Wildman–Crippen MR) is 89.5 cm³/mol. The van der Waals surface area contributed by atoms with Gasteiger partial charge in [0.2, 0.25) is 0 Å². The minimum Gasteiger partial charge on any atom is -0.487 e. The van der Waals surface area contributed by atoms with Gasteiger partial charge in [-0.25, -0.2) is 0 Å². The monoisotopic (exact) mass is 326 g/mol. The van der Waals surface area contributed by atoms with E-state index in [2.05, 4.69) is 16.7 Å². The Labute approximate surface area is 139 Å². The second-order valence-electron chi connectivity index (χ2n) is 5.66. The summed E-state index contributed by atoms with van der Waals surface area (Å²) in [6.07, 6.45) is 2.15. The Kier molecular flexibility index (Phi) is 3.56. The molecule has 2 bridgehead atoms. The van der Waals surface area contributed by atoms with Crippen LogP contribution in [0.25, 0.3) is 0 Å². The number of rotatable bonds is 3. The van der Waals surface area contributed by atoms with Crippen LogP contribution in [0, 0.1) is 0 Å². The van der Waals surface area contributed by atoms with Crippen LogP contribution in [-0.2, 0) is 4.74 Å². The van der Waals surface area contributed by atoms with E-state index in [9.17, 15) is 4.79 Å². The minimum absolute atomic E-state index is 0.0245. The van der Waals surface area contributed by atoms with E-state index in [1.165, 1.54) is 0 Å². The van der Waals surface area contributed by atoms with Gasteiger partial charge in [-0.15, -0.1) is 0 Å². The van der Waals surface area contributed by atoms with Crippen molar-refractivity contribution >= 4 is 23.2 Å². The summed E-state index contributed by atoms with van der Waals surface area (Å²) in [5.74, 6) is 0.834. The quantitative estimate of drug-likeness (QED) is 0.907. The van der Waals surface area contributed by atoms with E-state index in [0.29, 0.717) is 10.6 Å². The molecule has 0 aliphatic carbocycles. The summed E-state index contributed by atoms with van der Waals surface area (Å²) in [6.45, 7) is 0.814. The fraction of sp³-hybridized carbons (Fsp3) is 0.167. The average Bonchev–Trinajstić information content (AvgIpc) is 3.19. The van der Waals surface area contributed by atoms with Gasteiger partial charge >= 0.3 is 0 Å². The molecule has 5 heteroatoms. The van der Waals surface area contributed by atoms with Crippen molar-refractivity contribution in [1.82, 2.24) is 5.32 Å². The van der Waals surface area contributed by atoms with Crippen LogP contribution in [0.4, 0.5) is 5.69 Å². The summed E-state index contributed by atoms with van der Waals surface area (Å²) in [5, 5.41) is 6.79. The maximum absolute atomic E-state index is 12.2. The molecule has 0 unspecified atom stereocenters. The zero-order chi connectivity index (χ0) is 15.8. The van der Waals surface area contributed by atoms with Crippen LogP contribution in [0.1, 0.15) is 22.0 Å². The number of fused-ring (bicyclic) bond motifs is 1. The molecule has 23 heavy (non-hydrogen) atoms. The first-order chi connectivity index (χ1) is 11.2. The van der Waals surface area contributed by atoms with Crippen LogP contribution in [0.15, 0.2) is 60.4 Å². The molecular formula is C18H15ClN2O2. The number of halogens is 1. The summed E-state index contributed by atoms with van der Waals surface area (Å²) in [4.78, 5) is 12.2. The van der Waals surface area contributed by atoms with Crippen molar-refractivity contribution in [3.05, 3.63) is 76.5 Å². The normalized spacial score (nSPS) is 21.7. The number of ether oxygens (including phenoxy) is 1. The standard InChI is InChI=1S/C18H15ClN2O2/c19-13-3-1-2-12(8-13)18(22)21-14-6-4-11(5-7-14)17-16-9-15(23-17)10-20-16/h1-9,16-17,20H,10H2,(H,21,22)/t16-,17+/m0/s1. The van der Waals surface area contributed by atoms with Gasteiger partial charge in [0.25, 0.3) is 5.91 Å². The first-order valence-corrected chi connectivity index (χ1v) is 7.84. The molecule has 2 aromatic rings. The third-order valence-corrected chi connectivity index (χ3v) is 4.30. The van der Waals surface area contributed by atoms with Crippen LogP contribution < -0.4 is 10.6 Å². The molecule has 2 heterocycles. The fourth-order valence-corrected chi connectivity index (χ4v) is 3.10. The van der Waals surface area contributed by atoms with Crippen LogP contribution in [0.2, 0.25) is 5.02 Å². The van der Waals surface area contributed by atoms with Gasteiger partial charge in [-0.2, -0.15) is 0 Å². The van der Waals surface area contributed by atoms with Crippen LogP contribution >= 0.6 is 11.6 Å². The molecule has 0 radical (unpaired) electrons. The second-order valence-corrected chi connectivity index (χ2v) is 6.10. The lowest BCUT2D eigenvalue weighted by Gasteiger charge is -2.24. The Morgan fingerprint density at radius 1 is 1.22 bits per heavy atom. The van der Waals surface area contributed by atoms with E-state index in [1.54, 1.807) is 24.3 Å². The van der Waals surface area contributed by atoms with Gasteiger partial charge < -0.3 is 10.1 Å². The molecule has 0 aromatic heterocycles.